The van der Waals surface area contributed by atoms with Crippen molar-refractivity contribution in [1.82, 2.24) is 15.0 Å². The van der Waals surface area contributed by atoms with E-state index in [0.29, 0.717) is 52.2 Å². The molecule has 0 bridgehead atoms. The third-order valence-electron chi connectivity index (χ3n) is 5.80. The predicted molar refractivity (Wildman–Crippen MR) is 109 cm³/mol. The zero-order chi connectivity index (χ0) is 20.0. The van der Waals surface area contributed by atoms with Crippen LogP contribution in [0.4, 0.5) is 10.3 Å². The number of carbonyl (C=O) groups is 1. The number of H-pyrrole nitrogens is 1. The Hall–Kier alpha value is -3.09. The van der Waals surface area contributed by atoms with Crippen LogP contribution in [-0.2, 0) is 6.42 Å². The monoisotopic (exact) mass is 392 g/mol. The number of Topliss-reactive ketones (excluding diaryl/α,β-unsaturated/α-hetero) is 1. The Morgan fingerprint density at radius 1 is 0.897 bits per heavy atom. The van der Waals surface area contributed by atoms with E-state index in [2.05, 4.69) is 19.9 Å². The largest absolute Gasteiger partial charge is 0.342 e. The summed E-state index contributed by atoms with van der Waals surface area (Å²) in [5.41, 5.74) is 2.34. The van der Waals surface area contributed by atoms with Gasteiger partial charge in [0.25, 0.3) is 5.56 Å². The number of nitrogens with one attached hydrogen (secondary N) is 1. The number of aromatic amines is 1. The number of halogens is 1. The summed E-state index contributed by atoms with van der Waals surface area (Å²) in [4.78, 5) is 40.2. The molecule has 1 saturated heterocycles. The first kappa shape index (κ1) is 18.0. The minimum absolute atomic E-state index is 0.0283. The molecule has 2 aromatic heterocycles. The maximum absolute atomic E-state index is 13.5. The van der Waals surface area contributed by atoms with Crippen LogP contribution in [0.15, 0.2) is 29.1 Å². The van der Waals surface area contributed by atoms with Gasteiger partial charge in [-0.1, -0.05) is 12.1 Å². The van der Waals surface area contributed by atoms with Crippen molar-refractivity contribution >= 4 is 22.8 Å². The van der Waals surface area contributed by atoms with Crippen molar-refractivity contribution < 1.29 is 9.18 Å². The van der Waals surface area contributed by atoms with Gasteiger partial charge in [0.15, 0.2) is 11.4 Å². The highest BCUT2D eigenvalue weighted by Crippen LogP contribution is 2.35. The number of pyridine rings is 1. The van der Waals surface area contributed by atoms with Gasteiger partial charge >= 0.3 is 0 Å². The molecule has 1 aromatic carbocycles. The Labute approximate surface area is 166 Å². The minimum Gasteiger partial charge on any atom is -0.342 e. The number of carbonyl (C=O) groups excluding carboxylic acids is 1. The Balaban J connectivity index is 1.80. The second-order valence-corrected chi connectivity index (χ2v) is 7.73. The molecule has 2 aliphatic rings. The Kier molecular flexibility index (Phi) is 4.38. The highest BCUT2D eigenvalue weighted by atomic mass is 19.1. The zero-order valence-corrected chi connectivity index (χ0v) is 16.0. The van der Waals surface area contributed by atoms with Gasteiger partial charge in [-0.3, -0.25) is 14.6 Å². The number of ketones is 1. The lowest BCUT2D eigenvalue weighted by Crippen LogP contribution is -2.32. The third-order valence-corrected chi connectivity index (χ3v) is 5.80. The Morgan fingerprint density at radius 3 is 2.41 bits per heavy atom. The van der Waals surface area contributed by atoms with E-state index in [1.54, 1.807) is 12.1 Å². The molecule has 0 radical (unpaired) electrons. The average molecular weight is 392 g/mol. The van der Waals surface area contributed by atoms with Gasteiger partial charge < -0.3 is 4.90 Å². The number of hydrogen-bond acceptors (Lipinski definition) is 5. The standard InChI is InChI=1S/C22H21FN4O2/c23-14-9-7-13(8-10-14)17-18-15(5-4-6-16(18)28)24-20-19(17)21(29)26-22(25-20)27-11-2-1-3-12-27/h7-10H,1-6,11-12H2,(H,24,25,26,29). The maximum Gasteiger partial charge on any atom is 0.262 e. The van der Waals surface area contributed by atoms with Crippen LogP contribution in [0.1, 0.15) is 48.2 Å². The first-order valence-electron chi connectivity index (χ1n) is 10.1. The Morgan fingerprint density at radius 2 is 1.66 bits per heavy atom. The van der Waals surface area contributed by atoms with Crippen LogP contribution in [-0.4, -0.2) is 33.8 Å². The van der Waals surface area contributed by atoms with Crippen LogP contribution < -0.4 is 10.5 Å². The fourth-order valence-electron chi connectivity index (χ4n) is 4.39. The molecular weight excluding hydrogens is 371 g/mol. The van der Waals surface area contributed by atoms with Gasteiger partial charge in [-0.05, 0) is 49.8 Å². The summed E-state index contributed by atoms with van der Waals surface area (Å²) < 4.78 is 13.5. The van der Waals surface area contributed by atoms with E-state index in [9.17, 15) is 14.0 Å². The first-order valence-corrected chi connectivity index (χ1v) is 10.1. The molecule has 0 saturated carbocycles. The summed E-state index contributed by atoms with van der Waals surface area (Å²) in [6.45, 7) is 1.70. The van der Waals surface area contributed by atoms with Gasteiger partial charge in [-0.2, -0.15) is 4.98 Å². The summed E-state index contributed by atoms with van der Waals surface area (Å²) in [5.74, 6) is 0.132. The summed E-state index contributed by atoms with van der Waals surface area (Å²) in [7, 11) is 0. The van der Waals surface area contributed by atoms with Crippen molar-refractivity contribution in [3.63, 3.8) is 0 Å². The summed E-state index contributed by atoms with van der Waals surface area (Å²) in [6.07, 6.45) is 5.12. The Bertz CT molecular complexity index is 1160. The molecule has 1 aliphatic carbocycles. The number of aryl methyl sites for hydroxylation is 1. The van der Waals surface area contributed by atoms with E-state index in [1.807, 2.05) is 0 Å². The highest BCUT2D eigenvalue weighted by molar-refractivity contribution is 6.10. The van der Waals surface area contributed by atoms with Crippen molar-refractivity contribution in [3.05, 3.63) is 51.7 Å². The lowest BCUT2D eigenvalue weighted by atomic mass is 9.87. The van der Waals surface area contributed by atoms with Gasteiger partial charge in [-0.15, -0.1) is 0 Å². The van der Waals surface area contributed by atoms with E-state index < -0.39 is 0 Å². The number of anilines is 1. The molecule has 0 atom stereocenters. The molecule has 5 rings (SSSR count). The van der Waals surface area contributed by atoms with Crippen LogP contribution in [0.2, 0.25) is 0 Å². The average Bonchev–Trinajstić information content (AvgIpc) is 2.74. The molecule has 0 spiro atoms. The molecule has 1 N–H and O–H groups in total. The fourth-order valence-corrected chi connectivity index (χ4v) is 4.39. The quantitative estimate of drug-likeness (QED) is 0.720. The lowest BCUT2D eigenvalue weighted by molar-refractivity contribution is 0.0972. The number of hydrogen-bond donors (Lipinski definition) is 1. The zero-order valence-electron chi connectivity index (χ0n) is 16.0. The van der Waals surface area contributed by atoms with Crippen LogP contribution in [0, 0.1) is 5.82 Å². The number of rotatable bonds is 2. The van der Waals surface area contributed by atoms with Gasteiger partial charge in [0, 0.05) is 30.6 Å². The normalized spacial score (nSPS) is 16.9. The van der Waals surface area contributed by atoms with Crippen molar-refractivity contribution in [3.8, 4) is 11.1 Å². The van der Waals surface area contributed by atoms with Crippen molar-refractivity contribution in [2.24, 2.45) is 0 Å². The molecular formula is C22H21FN4O2. The summed E-state index contributed by atoms with van der Waals surface area (Å²) >= 11 is 0. The third kappa shape index (κ3) is 3.10. The molecule has 148 valence electrons. The summed E-state index contributed by atoms with van der Waals surface area (Å²) in [6, 6.07) is 5.88. The van der Waals surface area contributed by atoms with Crippen molar-refractivity contribution in [1.29, 1.82) is 0 Å². The molecule has 0 unspecified atom stereocenters. The molecule has 1 fully saturated rings. The predicted octanol–water partition coefficient (Wildman–Crippen LogP) is 3.63. The second-order valence-electron chi connectivity index (χ2n) is 7.73. The van der Waals surface area contributed by atoms with Crippen LogP contribution in [0.25, 0.3) is 22.2 Å². The van der Waals surface area contributed by atoms with Crippen molar-refractivity contribution in [2.45, 2.75) is 38.5 Å². The molecule has 1 aliphatic heterocycles. The van der Waals surface area contributed by atoms with E-state index in [4.69, 9.17) is 0 Å². The number of nitrogens with zero attached hydrogens (tertiary/aromatic N) is 3. The summed E-state index contributed by atoms with van der Waals surface area (Å²) in [5, 5.41) is 0.298. The number of fused-ring (bicyclic) bond motifs is 2. The van der Waals surface area contributed by atoms with Crippen LogP contribution in [0.3, 0.4) is 0 Å². The maximum atomic E-state index is 13.5. The van der Waals surface area contributed by atoms with Crippen LogP contribution >= 0.6 is 0 Å². The number of benzene rings is 1. The second kappa shape index (κ2) is 7.06. The van der Waals surface area contributed by atoms with Crippen molar-refractivity contribution in [2.75, 3.05) is 18.0 Å². The van der Waals surface area contributed by atoms with Gasteiger partial charge in [0.2, 0.25) is 5.95 Å². The SMILES string of the molecule is O=C1CCCc2nc3nc(N4CCCCC4)[nH]c(=O)c3c(-c3ccc(F)cc3)c21. The van der Waals surface area contributed by atoms with E-state index in [-0.39, 0.29) is 17.2 Å². The minimum atomic E-state index is -0.369. The van der Waals surface area contributed by atoms with Gasteiger partial charge in [0.05, 0.1) is 11.1 Å². The van der Waals surface area contributed by atoms with Gasteiger partial charge in [0.1, 0.15) is 5.82 Å². The van der Waals surface area contributed by atoms with E-state index in [1.165, 1.54) is 18.6 Å². The molecule has 3 heterocycles. The topological polar surface area (TPSA) is 79.0 Å². The van der Waals surface area contributed by atoms with Gasteiger partial charge in [-0.25, -0.2) is 9.37 Å². The molecule has 29 heavy (non-hydrogen) atoms. The number of aromatic nitrogens is 3. The number of piperidine rings is 1. The van der Waals surface area contributed by atoms with Crippen LogP contribution in [0.5, 0.6) is 0 Å². The highest BCUT2D eigenvalue weighted by Gasteiger charge is 2.28. The smallest absolute Gasteiger partial charge is 0.262 e. The molecule has 3 aromatic rings. The molecule has 6 nitrogen and oxygen atoms in total. The first-order chi connectivity index (χ1) is 14.1. The molecule has 0 amide bonds. The molecule has 7 heteroatoms. The fraction of sp³-hybridized carbons (Fsp3) is 0.364. The van der Waals surface area contributed by atoms with E-state index in [0.717, 1.165) is 32.4 Å². The van der Waals surface area contributed by atoms with E-state index >= 15 is 0 Å². The lowest BCUT2D eigenvalue weighted by Gasteiger charge is -2.27.